The van der Waals surface area contributed by atoms with Gasteiger partial charge in [0.1, 0.15) is 6.04 Å². The predicted octanol–water partition coefficient (Wildman–Crippen LogP) is -0.830. The highest BCUT2D eigenvalue weighted by molar-refractivity contribution is 5.91. The van der Waals surface area contributed by atoms with E-state index < -0.39 is 35.8 Å². The lowest BCUT2D eigenvalue weighted by molar-refractivity contribution is -0.136. The summed E-state index contributed by atoms with van der Waals surface area (Å²) in [4.78, 5) is 65.5. The zero-order valence-electron chi connectivity index (χ0n) is 22.8. The van der Waals surface area contributed by atoms with Gasteiger partial charge in [-0.1, -0.05) is 34.1 Å². The first-order chi connectivity index (χ1) is 17.3. The molecule has 1 atom stereocenters. The molecule has 0 radical (unpaired) electrons. The highest BCUT2D eigenvalue weighted by Crippen LogP contribution is 2.02. The van der Waals surface area contributed by atoms with Crippen molar-refractivity contribution >= 4 is 35.6 Å². The van der Waals surface area contributed by atoms with Gasteiger partial charge in [-0.15, -0.1) is 0 Å². The number of carbonyl (C=O) groups is 6. The quantitative estimate of drug-likeness (QED) is 0.116. The Morgan fingerprint density at radius 1 is 0.811 bits per heavy atom. The van der Waals surface area contributed by atoms with Crippen LogP contribution in [0.3, 0.4) is 0 Å². The van der Waals surface area contributed by atoms with Gasteiger partial charge in [0.15, 0.2) is 0 Å². The first-order valence-corrected chi connectivity index (χ1v) is 12.3. The number of nitrogens with two attached hydrogens (primary N) is 2. The van der Waals surface area contributed by atoms with Gasteiger partial charge < -0.3 is 43.2 Å². The molecule has 0 aliphatic carbocycles. The lowest BCUT2D eigenvalue weighted by Crippen LogP contribution is -2.53. The van der Waals surface area contributed by atoms with E-state index in [0.717, 1.165) is 32.2 Å². The Morgan fingerprint density at radius 3 is 1.81 bits per heavy atom. The third-order valence-corrected chi connectivity index (χ3v) is 4.33. The Kier molecular flexibility index (Phi) is 26.4. The van der Waals surface area contributed by atoms with Crippen LogP contribution >= 0.6 is 0 Å². The maximum absolute atomic E-state index is 12.0. The Hall–Kier alpha value is -3.42. The van der Waals surface area contributed by atoms with Crippen molar-refractivity contribution in [3.8, 4) is 0 Å². The van der Waals surface area contributed by atoms with Gasteiger partial charge in [-0.2, -0.15) is 0 Å². The molecule has 0 bridgehead atoms. The summed E-state index contributed by atoms with van der Waals surface area (Å²) in [5, 5.41) is 20.6. The molecule has 0 heterocycles. The molecule has 37 heavy (non-hydrogen) atoms. The number of urea groups is 1. The minimum Gasteiger partial charge on any atom is -0.481 e. The molecule has 0 aliphatic heterocycles. The molecule has 1 unspecified atom stereocenters. The molecule has 0 saturated heterocycles. The van der Waals surface area contributed by atoms with Gasteiger partial charge in [0.2, 0.25) is 23.6 Å². The fourth-order valence-electron chi connectivity index (χ4n) is 2.32. The van der Waals surface area contributed by atoms with E-state index in [1.54, 1.807) is 20.8 Å². The Balaban J connectivity index is -0.000000790. The molecule has 216 valence electrons. The topological polar surface area (TPSA) is 235 Å². The van der Waals surface area contributed by atoms with E-state index in [2.05, 4.69) is 26.6 Å². The number of aliphatic carboxylic acids is 1. The minimum atomic E-state index is -0.801. The molecular formula is C23H47N7O7. The van der Waals surface area contributed by atoms with Crippen molar-refractivity contribution in [2.24, 2.45) is 17.4 Å². The fourth-order valence-corrected chi connectivity index (χ4v) is 2.32. The van der Waals surface area contributed by atoms with Crippen LogP contribution in [0.25, 0.3) is 0 Å². The molecule has 0 fully saturated rings. The van der Waals surface area contributed by atoms with Crippen LogP contribution in [0.15, 0.2) is 0 Å². The van der Waals surface area contributed by atoms with Gasteiger partial charge in [0, 0.05) is 19.4 Å². The zero-order valence-corrected chi connectivity index (χ0v) is 22.8. The summed E-state index contributed by atoms with van der Waals surface area (Å²) in [6, 6.07) is -1.24. The van der Waals surface area contributed by atoms with Crippen LogP contribution in [-0.2, 0) is 24.0 Å². The number of carboxylic acids is 1. The van der Waals surface area contributed by atoms with Crippen LogP contribution in [0.2, 0.25) is 0 Å². The zero-order chi connectivity index (χ0) is 29.2. The molecule has 0 aromatic carbocycles. The normalized spacial score (nSPS) is 10.4. The van der Waals surface area contributed by atoms with Crippen LogP contribution in [0.1, 0.15) is 66.2 Å². The second-order valence-corrected chi connectivity index (χ2v) is 8.20. The number of rotatable bonds is 16. The van der Waals surface area contributed by atoms with Crippen molar-refractivity contribution < 1.29 is 33.9 Å². The standard InChI is InChI=1S/C16H31N5O4.C4H10N2O.C3H6O2/c1-11(2)15(16(25)20-9-12(17)22)21-14(24)10-19-13(23)7-5-4-6-8-18-3;1-2-3-6-4(5)7;1-2-3(4)5/h11,15,18H,4-10H2,1-3H3,(H2,17,22)(H,19,23)(H,20,25)(H,21,24);2-3H2,1H3,(H3,5,6,7);2H2,1H3,(H,4,5). The fraction of sp³-hybridized carbons (Fsp3) is 0.739. The average molecular weight is 534 g/mol. The van der Waals surface area contributed by atoms with Crippen LogP contribution in [0, 0.1) is 5.92 Å². The van der Waals surface area contributed by atoms with Gasteiger partial charge in [-0.25, -0.2) is 4.79 Å². The molecule has 0 aromatic heterocycles. The van der Waals surface area contributed by atoms with Gasteiger partial charge in [-0.3, -0.25) is 24.0 Å². The van der Waals surface area contributed by atoms with Gasteiger partial charge in [0.05, 0.1) is 13.1 Å². The number of carboxylic acid groups (broad SMARTS) is 1. The number of carbonyl (C=O) groups excluding carboxylic acids is 5. The summed E-state index contributed by atoms with van der Waals surface area (Å²) < 4.78 is 0. The molecule has 0 spiro atoms. The van der Waals surface area contributed by atoms with Crippen LogP contribution in [0.4, 0.5) is 4.79 Å². The molecule has 0 aromatic rings. The number of hydrogen-bond donors (Lipinski definition) is 8. The van der Waals surface area contributed by atoms with E-state index in [1.165, 1.54) is 0 Å². The molecule has 14 nitrogen and oxygen atoms in total. The lowest BCUT2D eigenvalue weighted by atomic mass is 10.0. The van der Waals surface area contributed by atoms with Gasteiger partial charge in [-0.05, 0) is 38.8 Å². The first kappa shape index (κ1) is 38.1. The van der Waals surface area contributed by atoms with E-state index in [9.17, 15) is 28.8 Å². The van der Waals surface area contributed by atoms with Crippen LogP contribution in [0.5, 0.6) is 0 Å². The van der Waals surface area contributed by atoms with Crippen molar-refractivity contribution in [3.63, 3.8) is 0 Å². The van der Waals surface area contributed by atoms with Crippen LogP contribution < -0.4 is 38.1 Å². The average Bonchev–Trinajstić information content (AvgIpc) is 2.83. The third kappa shape index (κ3) is 30.5. The predicted molar refractivity (Wildman–Crippen MR) is 140 cm³/mol. The van der Waals surface area contributed by atoms with Gasteiger partial charge >= 0.3 is 12.0 Å². The Morgan fingerprint density at radius 2 is 1.41 bits per heavy atom. The van der Waals surface area contributed by atoms with E-state index in [1.807, 2.05) is 14.0 Å². The number of primary amides is 2. The van der Waals surface area contributed by atoms with Gasteiger partial charge in [0.25, 0.3) is 0 Å². The van der Waals surface area contributed by atoms with Crippen molar-refractivity contribution in [1.29, 1.82) is 0 Å². The SMILES string of the molecule is CCC(=O)O.CCCNC(N)=O.CNCCCCCC(=O)NCC(=O)NC(C(=O)NCC(N)=O)C(C)C. The number of unbranched alkanes of at least 4 members (excludes halogenated alkanes) is 2. The van der Waals surface area contributed by atoms with Crippen molar-refractivity contribution in [2.75, 3.05) is 33.2 Å². The van der Waals surface area contributed by atoms with Crippen LogP contribution in [-0.4, -0.2) is 80.0 Å². The smallest absolute Gasteiger partial charge is 0.312 e. The van der Waals surface area contributed by atoms with Crippen molar-refractivity contribution in [2.45, 2.75) is 72.3 Å². The molecule has 14 heteroatoms. The largest absolute Gasteiger partial charge is 0.481 e. The second kappa shape index (κ2) is 25.7. The maximum Gasteiger partial charge on any atom is 0.312 e. The summed E-state index contributed by atoms with van der Waals surface area (Å²) >= 11 is 0. The van der Waals surface area contributed by atoms with E-state index in [-0.39, 0.29) is 31.3 Å². The number of hydrogen-bond acceptors (Lipinski definition) is 7. The Bertz CT molecular complexity index is 688. The molecule has 0 aliphatic rings. The summed E-state index contributed by atoms with van der Waals surface area (Å²) in [6.45, 7) is 8.20. The summed E-state index contributed by atoms with van der Waals surface area (Å²) in [6.07, 6.45) is 4.22. The molecule has 10 N–H and O–H groups in total. The highest BCUT2D eigenvalue weighted by Gasteiger charge is 2.24. The number of nitrogens with one attached hydrogen (secondary N) is 5. The highest BCUT2D eigenvalue weighted by atomic mass is 16.4. The molecule has 6 amide bonds. The molecular weight excluding hydrogens is 486 g/mol. The monoisotopic (exact) mass is 533 g/mol. The Labute approximate surface area is 219 Å². The van der Waals surface area contributed by atoms with E-state index in [0.29, 0.717) is 13.0 Å². The summed E-state index contributed by atoms with van der Waals surface area (Å²) in [7, 11) is 1.88. The van der Waals surface area contributed by atoms with Crippen molar-refractivity contribution in [1.82, 2.24) is 26.6 Å². The summed E-state index contributed by atoms with van der Waals surface area (Å²) in [5.74, 6) is -2.73. The number of amides is 6. The molecule has 0 saturated carbocycles. The lowest BCUT2D eigenvalue weighted by Gasteiger charge is -2.21. The molecule has 0 rings (SSSR count). The maximum atomic E-state index is 12.0. The van der Waals surface area contributed by atoms with Crippen molar-refractivity contribution in [3.05, 3.63) is 0 Å². The van der Waals surface area contributed by atoms with E-state index in [4.69, 9.17) is 16.6 Å². The summed E-state index contributed by atoms with van der Waals surface area (Å²) in [5.41, 5.74) is 9.70. The second-order valence-electron chi connectivity index (χ2n) is 8.20. The van der Waals surface area contributed by atoms with E-state index >= 15 is 0 Å². The minimum absolute atomic E-state index is 0.181. The third-order valence-electron chi connectivity index (χ3n) is 4.33. The first-order valence-electron chi connectivity index (χ1n) is 12.3.